The molecule has 0 fully saturated rings. The Hall–Kier alpha value is -0.350. The van der Waals surface area contributed by atoms with E-state index in [1.54, 1.807) is 12.2 Å². The van der Waals surface area contributed by atoms with Crippen molar-refractivity contribution in [2.75, 3.05) is 26.3 Å². The molecule has 166 valence electrons. The number of aliphatic hydroxyl groups excluding tert-OH is 2. The van der Waals surface area contributed by atoms with Crippen molar-refractivity contribution >= 4 is 75.7 Å². The minimum Gasteiger partial charge on any atom is -0.395 e. The maximum absolute atomic E-state index is 9.23. The monoisotopic (exact) mass is 535 g/mol. The van der Waals surface area contributed by atoms with Gasteiger partial charge in [-0.15, -0.1) is 0 Å². The second-order valence-electron chi connectivity index (χ2n) is 6.21. The maximum Gasteiger partial charge on any atom is 0.250 e. The molecule has 1 aromatic heterocycles. The van der Waals surface area contributed by atoms with E-state index in [9.17, 15) is 5.11 Å². The molecule has 1 aliphatic rings. The van der Waals surface area contributed by atoms with Gasteiger partial charge in [0.2, 0.25) is 7.59 Å². The van der Waals surface area contributed by atoms with E-state index in [2.05, 4.69) is 25.6 Å². The number of rotatable bonds is 8. The van der Waals surface area contributed by atoms with Gasteiger partial charge in [0.25, 0.3) is 0 Å². The van der Waals surface area contributed by atoms with Gasteiger partial charge < -0.3 is 20.8 Å². The van der Waals surface area contributed by atoms with Crippen LogP contribution in [0, 0.1) is 0 Å². The Labute approximate surface area is 204 Å². The number of aromatic nitrogens is 3. The van der Waals surface area contributed by atoms with Crippen LogP contribution in [0.25, 0.3) is 6.08 Å². The van der Waals surface area contributed by atoms with Crippen LogP contribution in [0.15, 0.2) is 30.0 Å². The standard InChI is InChI=1S/C17H19Cl6N5O2/c18-16(19,20)13-26-12(27-14(28-13)17(21,22)23)3-6-15(25-8-10-30)4-1-11(2-5-15)24-7-9-29/h1-4,6,24-25,29-30H,5,7-10H2. The summed E-state index contributed by atoms with van der Waals surface area (Å²) in [4.78, 5) is 12.2. The predicted octanol–water partition coefficient (Wildman–Crippen LogP) is 3.28. The summed E-state index contributed by atoms with van der Waals surface area (Å²) in [7, 11) is 0. The molecule has 0 aromatic carbocycles. The van der Waals surface area contributed by atoms with Crippen molar-refractivity contribution < 1.29 is 10.2 Å². The topological polar surface area (TPSA) is 103 Å². The summed E-state index contributed by atoms with van der Waals surface area (Å²) in [6, 6.07) is 0. The Morgan fingerprint density at radius 2 is 1.57 bits per heavy atom. The molecule has 0 saturated heterocycles. The second kappa shape index (κ2) is 11.0. The fourth-order valence-electron chi connectivity index (χ4n) is 2.53. The summed E-state index contributed by atoms with van der Waals surface area (Å²) in [5.41, 5.74) is 0.232. The maximum atomic E-state index is 9.23. The van der Waals surface area contributed by atoms with E-state index in [-0.39, 0.29) is 30.7 Å². The Bertz CT molecular complexity index is 790. The van der Waals surface area contributed by atoms with Crippen molar-refractivity contribution in [2.45, 2.75) is 19.5 Å². The first kappa shape index (κ1) is 25.9. The number of hydrogen-bond acceptors (Lipinski definition) is 7. The zero-order valence-electron chi connectivity index (χ0n) is 15.4. The molecule has 0 amide bonds. The summed E-state index contributed by atoms with van der Waals surface area (Å²) in [5.74, 6) is -0.245. The number of alkyl halides is 6. The molecular weight excluding hydrogens is 519 g/mol. The summed E-state index contributed by atoms with van der Waals surface area (Å²) in [5, 5.41) is 24.5. The zero-order chi connectivity index (χ0) is 22.4. The highest BCUT2D eigenvalue weighted by molar-refractivity contribution is 6.67. The molecule has 0 radical (unpaired) electrons. The number of nitrogens with zero attached hydrogens (tertiary/aromatic N) is 3. The van der Waals surface area contributed by atoms with Crippen LogP contribution < -0.4 is 10.6 Å². The third kappa shape index (κ3) is 7.65. The molecule has 4 N–H and O–H groups in total. The van der Waals surface area contributed by atoms with Gasteiger partial charge in [-0.25, -0.2) is 15.0 Å². The van der Waals surface area contributed by atoms with Crippen LogP contribution in [0.5, 0.6) is 0 Å². The van der Waals surface area contributed by atoms with Gasteiger partial charge in [-0.1, -0.05) is 87.8 Å². The smallest absolute Gasteiger partial charge is 0.250 e. The number of β-amino-alcohol motifs (C(OH)–C–C–N with tert-alkyl or cyclic N) is 1. The molecule has 30 heavy (non-hydrogen) atoms. The normalized spacial score (nSPS) is 19.9. The summed E-state index contributed by atoms with van der Waals surface area (Å²) >= 11 is 35.4. The fraction of sp³-hybridized carbons (Fsp3) is 0.471. The molecule has 1 heterocycles. The molecule has 2 rings (SSSR count). The largest absolute Gasteiger partial charge is 0.395 e. The van der Waals surface area contributed by atoms with Gasteiger partial charge in [0.05, 0.1) is 18.8 Å². The predicted molar refractivity (Wildman–Crippen MR) is 122 cm³/mol. The summed E-state index contributed by atoms with van der Waals surface area (Å²) in [6.07, 6.45) is 9.64. The van der Waals surface area contributed by atoms with E-state index in [1.807, 2.05) is 18.2 Å². The van der Waals surface area contributed by atoms with Crippen molar-refractivity contribution in [2.24, 2.45) is 0 Å². The van der Waals surface area contributed by atoms with Crippen molar-refractivity contribution in [1.82, 2.24) is 25.6 Å². The molecule has 1 aromatic rings. The zero-order valence-corrected chi connectivity index (χ0v) is 20.0. The average molecular weight is 538 g/mol. The van der Waals surface area contributed by atoms with E-state index < -0.39 is 13.1 Å². The van der Waals surface area contributed by atoms with Gasteiger partial charge in [-0.05, 0) is 18.6 Å². The first-order valence-electron chi connectivity index (χ1n) is 8.69. The van der Waals surface area contributed by atoms with Crippen molar-refractivity contribution in [3.05, 3.63) is 47.5 Å². The molecular formula is C17H19Cl6N5O2. The van der Waals surface area contributed by atoms with Crippen LogP contribution in [0.4, 0.5) is 0 Å². The third-order valence-electron chi connectivity index (χ3n) is 3.92. The van der Waals surface area contributed by atoms with Crippen LogP contribution in [0.2, 0.25) is 0 Å². The number of halogens is 6. The van der Waals surface area contributed by atoms with Crippen molar-refractivity contribution in [3.63, 3.8) is 0 Å². The Morgan fingerprint density at radius 3 is 2.03 bits per heavy atom. The summed E-state index contributed by atoms with van der Waals surface area (Å²) < 4.78 is -3.88. The van der Waals surface area contributed by atoms with Gasteiger partial charge in [0, 0.05) is 18.8 Å². The third-order valence-corrected chi connectivity index (χ3v) is 4.93. The number of hydrogen-bond donors (Lipinski definition) is 4. The molecule has 0 bridgehead atoms. The Kier molecular flexibility index (Phi) is 9.49. The van der Waals surface area contributed by atoms with E-state index in [0.717, 1.165) is 5.70 Å². The molecule has 0 aliphatic heterocycles. The minimum absolute atomic E-state index is 0.0233. The Morgan fingerprint density at radius 1 is 0.967 bits per heavy atom. The SMILES string of the molecule is OCCNC1=CCC(C=Cc2nc(C(Cl)(Cl)Cl)nc(C(Cl)(Cl)Cl)n2)(NCCO)C=C1. The minimum atomic E-state index is -1.94. The molecule has 1 atom stereocenters. The second-order valence-corrected chi connectivity index (χ2v) is 10.8. The number of nitrogens with one attached hydrogen (secondary N) is 2. The first-order valence-corrected chi connectivity index (χ1v) is 11.0. The molecule has 13 heteroatoms. The lowest BCUT2D eigenvalue weighted by Gasteiger charge is -2.30. The van der Waals surface area contributed by atoms with Gasteiger partial charge in [0.15, 0.2) is 17.5 Å². The lowest BCUT2D eigenvalue weighted by atomic mass is 9.89. The molecule has 0 spiro atoms. The quantitative estimate of drug-likeness (QED) is 0.377. The Balaban J connectivity index is 2.36. The summed E-state index contributed by atoms with van der Waals surface area (Å²) in [6.45, 7) is 0.754. The van der Waals surface area contributed by atoms with Gasteiger partial charge >= 0.3 is 0 Å². The van der Waals surface area contributed by atoms with E-state index >= 15 is 0 Å². The van der Waals surface area contributed by atoms with Gasteiger partial charge in [-0.2, -0.15) is 0 Å². The highest BCUT2D eigenvalue weighted by Crippen LogP contribution is 2.40. The van der Waals surface area contributed by atoms with E-state index in [0.29, 0.717) is 19.5 Å². The van der Waals surface area contributed by atoms with Crippen LogP contribution >= 0.6 is 69.6 Å². The number of aliphatic hydroxyl groups is 2. The highest BCUT2D eigenvalue weighted by Gasteiger charge is 2.33. The van der Waals surface area contributed by atoms with Crippen LogP contribution in [0.1, 0.15) is 23.9 Å². The van der Waals surface area contributed by atoms with E-state index in [1.165, 1.54) is 0 Å². The lowest BCUT2D eigenvalue weighted by Crippen LogP contribution is -2.44. The van der Waals surface area contributed by atoms with Crippen LogP contribution in [0.3, 0.4) is 0 Å². The number of allylic oxidation sites excluding steroid dienone is 1. The van der Waals surface area contributed by atoms with Crippen molar-refractivity contribution in [1.29, 1.82) is 0 Å². The van der Waals surface area contributed by atoms with Gasteiger partial charge in [-0.3, -0.25) is 0 Å². The molecule has 1 unspecified atom stereocenters. The van der Waals surface area contributed by atoms with E-state index in [4.69, 9.17) is 74.7 Å². The van der Waals surface area contributed by atoms with Gasteiger partial charge in [0.1, 0.15) is 0 Å². The van der Waals surface area contributed by atoms with Crippen LogP contribution in [-0.4, -0.2) is 57.0 Å². The fourth-order valence-corrected chi connectivity index (χ4v) is 3.04. The lowest BCUT2D eigenvalue weighted by molar-refractivity contribution is 0.279. The first-order chi connectivity index (χ1) is 14.0. The highest BCUT2D eigenvalue weighted by atomic mass is 35.6. The average Bonchev–Trinajstić information content (AvgIpc) is 2.69. The molecule has 7 nitrogen and oxygen atoms in total. The molecule has 1 aliphatic carbocycles. The van der Waals surface area contributed by atoms with Crippen LogP contribution in [-0.2, 0) is 7.59 Å². The molecule has 0 saturated carbocycles. The van der Waals surface area contributed by atoms with Crippen molar-refractivity contribution in [3.8, 4) is 0 Å².